The van der Waals surface area contributed by atoms with Crippen molar-refractivity contribution >= 4 is 11.9 Å². The lowest BCUT2D eigenvalue weighted by atomic mass is 10.1. The van der Waals surface area contributed by atoms with E-state index in [0.717, 1.165) is 12.8 Å². The van der Waals surface area contributed by atoms with E-state index in [2.05, 4.69) is 15.6 Å². The molecule has 0 aliphatic rings. The van der Waals surface area contributed by atoms with Crippen molar-refractivity contribution in [1.29, 1.82) is 0 Å². The Hall–Kier alpha value is -1.92. The summed E-state index contributed by atoms with van der Waals surface area (Å²) in [6.45, 7) is 7.98. The van der Waals surface area contributed by atoms with Crippen LogP contribution in [0, 0.1) is 5.92 Å². The minimum atomic E-state index is -1.11. The smallest absolute Gasteiger partial charge is 0.358 e. The number of carboxylic acid groups (broad SMARTS) is 1. The predicted octanol–water partition coefficient (Wildman–Crippen LogP) is 1.48. The van der Waals surface area contributed by atoms with E-state index in [1.165, 1.54) is 4.68 Å². The van der Waals surface area contributed by atoms with Gasteiger partial charge < -0.3 is 10.4 Å². The van der Waals surface area contributed by atoms with E-state index in [9.17, 15) is 9.59 Å². The summed E-state index contributed by atoms with van der Waals surface area (Å²) >= 11 is 0. The molecule has 0 radical (unpaired) electrons. The third kappa shape index (κ3) is 4.84. The first-order valence-electron chi connectivity index (χ1n) is 7.33. The van der Waals surface area contributed by atoms with Gasteiger partial charge in [-0.1, -0.05) is 32.9 Å². The Kier molecular flexibility index (Phi) is 6.33. The van der Waals surface area contributed by atoms with Crippen LogP contribution in [0.3, 0.4) is 0 Å². The van der Waals surface area contributed by atoms with Gasteiger partial charge in [-0.3, -0.25) is 4.79 Å². The van der Waals surface area contributed by atoms with Gasteiger partial charge in [-0.25, -0.2) is 9.48 Å². The van der Waals surface area contributed by atoms with Gasteiger partial charge in [0, 0.05) is 6.04 Å². The summed E-state index contributed by atoms with van der Waals surface area (Å²) in [5, 5.41) is 19.5. The predicted molar refractivity (Wildman–Crippen MR) is 78.0 cm³/mol. The third-order valence-corrected chi connectivity index (χ3v) is 3.29. The topological polar surface area (TPSA) is 97.1 Å². The minimum absolute atomic E-state index is 0.00116. The molecule has 1 amide bonds. The highest BCUT2D eigenvalue weighted by atomic mass is 16.4. The molecule has 1 heterocycles. The lowest BCUT2D eigenvalue weighted by molar-refractivity contribution is -0.122. The van der Waals surface area contributed by atoms with Crippen LogP contribution in [0.4, 0.5) is 0 Å². The Balaban J connectivity index is 2.87. The molecule has 0 aliphatic carbocycles. The number of nitrogens with zero attached hydrogens (tertiary/aromatic N) is 3. The highest BCUT2D eigenvalue weighted by Gasteiger charge is 2.21. The summed E-state index contributed by atoms with van der Waals surface area (Å²) in [7, 11) is 0. The second-order valence-electron chi connectivity index (χ2n) is 5.53. The van der Waals surface area contributed by atoms with Crippen molar-refractivity contribution in [1.82, 2.24) is 20.3 Å². The minimum Gasteiger partial charge on any atom is -0.476 e. The maximum absolute atomic E-state index is 12.0. The van der Waals surface area contributed by atoms with E-state index < -0.39 is 5.97 Å². The lowest BCUT2D eigenvalue weighted by Crippen LogP contribution is -2.36. The highest BCUT2D eigenvalue weighted by molar-refractivity contribution is 5.86. The number of hydrogen-bond donors (Lipinski definition) is 2. The van der Waals surface area contributed by atoms with E-state index in [0.29, 0.717) is 12.1 Å². The van der Waals surface area contributed by atoms with Gasteiger partial charge in [0.1, 0.15) is 6.54 Å². The summed E-state index contributed by atoms with van der Waals surface area (Å²) in [5.74, 6) is -1.03. The molecule has 1 aromatic rings. The Morgan fingerprint density at radius 3 is 2.38 bits per heavy atom. The van der Waals surface area contributed by atoms with Crippen LogP contribution >= 0.6 is 0 Å². The molecule has 1 aromatic heterocycles. The SMILES string of the molecule is CCC(CC)NC(=O)Cn1nnc(C(=O)O)c1CC(C)C. The fourth-order valence-corrected chi connectivity index (χ4v) is 2.12. The zero-order chi connectivity index (χ0) is 16.0. The average Bonchev–Trinajstić information content (AvgIpc) is 2.78. The molecule has 118 valence electrons. The van der Waals surface area contributed by atoms with Crippen LogP contribution in [-0.4, -0.2) is 38.0 Å². The fourth-order valence-electron chi connectivity index (χ4n) is 2.12. The maximum Gasteiger partial charge on any atom is 0.358 e. The van der Waals surface area contributed by atoms with Crippen molar-refractivity contribution in [2.24, 2.45) is 5.92 Å². The molecule has 7 nitrogen and oxygen atoms in total. The molecule has 1 rings (SSSR count). The van der Waals surface area contributed by atoms with Crippen molar-refractivity contribution in [3.63, 3.8) is 0 Å². The number of carbonyl (C=O) groups is 2. The Morgan fingerprint density at radius 1 is 1.29 bits per heavy atom. The van der Waals surface area contributed by atoms with E-state index in [1.54, 1.807) is 0 Å². The van der Waals surface area contributed by atoms with Crippen LogP contribution in [0.15, 0.2) is 0 Å². The molecular formula is C14H24N4O3. The summed E-state index contributed by atoms with van der Waals surface area (Å²) in [5.41, 5.74) is 0.427. The van der Waals surface area contributed by atoms with Crippen molar-refractivity contribution in [3.05, 3.63) is 11.4 Å². The van der Waals surface area contributed by atoms with E-state index in [4.69, 9.17) is 5.11 Å². The summed E-state index contributed by atoms with van der Waals surface area (Å²) < 4.78 is 1.39. The fraction of sp³-hybridized carbons (Fsp3) is 0.714. The quantitative estimate of drug-likeness (QED) is 0.757. The molecule has 0 spiro atoms. The third-order valence-electron chi connectivity index (χ3n) is 3.29. The Morgan fingerprint density at radius 2 is 1.90 bits per heavy atom. The largest absolute Gasteiger partial charge is 0.476 e. The summed E-state index contributed by atoms with van der Waals surface area (Å²) in [6, 6.07) is 0.133. The van der Waals surface area contributed by atoms with Gasteiger partial charge in [-0.05, 0) is 25.2 Å². The van der Waals surface area contributed by atoms with Gasteiger partial charge >= 0.3 is 5.97 Å². The van der Waals surface area contributed by atoms with Crippen LogP contribution in [0.5, 0.6) is 0 Å². The van der Waals surface area contributed by atoms with E-state index >= 15 is 0 Å². The molecule has 0 aromatic carbocycles. The zero-order valence-electron chi connectivity index (χ0n) is 13.1. The van der Waals surface area contributed by atoms with Gasteiger partial charge in [0.25, 0.3) is 0 Å². The number of carbonyl (C=O) groups excluding carboxylic acids is 1. The molecule has 21 heavy (non-hydrogen) atoms. The Bertz CT molecular complexity index is 492. The first kappa shape index (κ1) is 17.1. The van der Waals surface area contributed by atoms with Crippen molar-refractivity contribution in [2.75, 3.05) is 0 Å². The number of rotatable bonds is 8. The lowest BCUT2D eigenvalue weighted by Gasteiger charge is -2.15. The van der Waals surface area contributed by atoms with Gasteiger partial charge in [0.2, 0.25) is 5.91 Å². The summed E-state index contributed by atoms with van der Waals surface area (Å²) in [4.78, 5) is 23.2. The zero-order valence-corrected chi connectivity index (χ0v) is 13.1. The van der Waals surface area contributed by atoms with Crippen molar-refractivity contribution in [2.45, 2.75) is 59.5 Å². The number of aromatic nitrogens is 3. The van der Waals surface area contributed by atoms with Crippen molar-refractivity contribution in [3.8, 4) is 0 Å². The molecule has 0 aliphatic heterocycles. The number of amides is 1. The molecule has 0 unspecified atom stereocenters. The number of hydrogen-bond acceptors (Lipinski definition) is 4. The van der Waals surface area contributed by atoms with Crippen LogP contribution in [0.25, 0.3) is 0 Å². The van der Waals surface area contributed by atoms with Crippen LogP contribution in [0.1, 0.15) is 56.7 Å². The second-order valence-corrected chi connectivity index (χ2v) is 5.53. The number of nitrogens with one attached hydrogen (secondary N) is 1. The molecule has 0 saturated carbocycles. The molecule has 7 heteroatoms. The van der Waals surface area contributed by atoms with E-state index in [-0.39, 0.29) is 30.1 Å². The molecule has 2 N–H and O–H groups in total. The number of carboxylic acids is 1. The Labute approximate surface area is 124 Å². The van der Waals surface area contributed by atoms with Gasteiger partial charge in [0.15, 0.2) is 5.69 Å². The normalized spacial score (nSPS) is 11.1. The molecule has 0 bridgehead atoms. The monoisotopic (exact) mass is 296 g/mol. The standard InChI is InChI=1S/C14H24N4O3/c1-5-10(6-2)15-12(19)8-18-11(7-9(3)4)13(14(20)21)16-17-18/h9-10H,5-8H2,1-4H3,(H,15,19)(H,20,21). The van der Waals surface area contributed by atoms with Gasteiger partial charge in [0.05, 0.1) is 5.69 Å². The molecule has 0 saturated heterocycles. The first-order chi connectivity index (χ1) is 9.88. The number of aromatic carboxylic acids is 1. The molecule has 0 atom stereocenters. The van der Waals surface area contributed by atoms with Crippen molar-refractivity contribution < 1.29 is 14.7 Å². The summed E-state index contributed by atoms with van der Waals surface area (Å²) in [6.07, 6.45) is 2.24. The van der Waals surface area contributed by atoms with Gasteiger partial charge in [-0.2, -0.15) is 0 Å². The first-order valence-corrected chi connectivity index (χ1v) is 7.33. The van der Waals surface area contributed by atoms with E-state index in [1.807, 2.05) is 27.7 Å². The highest BCUT2D eigenvalue weighted by Crippen LogP contribution is 2.12. The average molecular weight is 296 g/mol. The second kappa shape index (κ2) is 7.75. The van der Waals surface area contributed by atoms with Crippen LogP contribution in [-0.2, 0) is 17.8 Å². The maximum atomic E-state index is 12.0. The van der Waals surface area contributed by atoms with Gasteiger partial charge in [-0.15, -0.1) is 5.10 Å². The molecular weight excluding hydrogens is 272 g/mol. The van der Waals surface area contributed by atoms with Crippen LogP contribution < -0.4 is 5.32 Å². The molecule has 0 fully saturated rings. The van der Waals surface area contributed by atoms with Crippen LogP contribution in [0.2, 0.25) is 0 Å².